The molecule has 0 aliphatic carbocycles. The van der Waals surface area contributed by atoms with Crippen molar-refractivity contribution in [1.29, 1.82) is 0 Å². The molecule has 2 aromatic heterocycles. The Morgan fingerprint density at radius 2 is 1.88 bits per heavy atom. The normalized spacial score (nSPS) is 10.8. The molecular formula is C19H11FN2O3S. The molecule has 128 valence electrons. The summed E-state index contributed by atoms with van der Waals surface area (Å²) in [5.74, 6) is -0.926. The first-order valence-corrected chi connectivity index (χ1v) is 8.53. The summed E-state index contributed by atoms with van der Waals surface area (Å²) in [6.45, 7) is 0. The zero-order valence-corrected chi connectivity index (χ0v) is 14.0. The van der Waals surface area contributed by atoms with Gasteiger partial charge in [-0.15, -0.1) is 11.3 Å². The number of carbonyl (C=O) groups excluding carboxylic acids is 1. The number of anilines is 1. The van der Waals surface area contributed by atoms with E-state index in [4.69, 9.17) is 4.42 Å². The number of hydrogen-bond donors (Lipinski definition) is 1. The molecule has 0 atom stereocenters. The van der Waals surface area contributed by atoms with Crippen LogP contribution in [0, 0.1) is 5.82 Å². The molecule has 1 amide bonds. The molecule has 2 aromatic carbocycles. The third-order valence-corrected chi connectivity index (χ3v) is 4.55. The van der Waals surface area contributed by atoms with E-state index in [0.29, 0.717) is 21.8 Å². The number of para-hydroxylation sites is 1. The molecule has 5 nitrogen and oxygen atoms in total. The minimum Gasteiger partial charge on any atom is -0.463 e. The maximum Gasteiger partial charge on any atom is 0.264 e. The second-order valence-electron chi connectivity index (χ2n) is 5.47. The molecule has 4 rings (SSSR count). The topological polar surface area (TPSA) is 72.2 Å². The van der Waals surface area contributed by atoms with Gasteiger partial charge in [0.25, 0.3) is 5.91 Å². The van der Waals surface area contributed by atoms with Crippen LogP contribution in [0.3, 0.4) is 0 Å². The molecule has 0 saturated carbocycles. The van der Waals surface area contributed by atoms with Crippen LogP contribution in [0.5, 0.6) is 0 Å². The van der Waals surface area contributed by atoms with Gasteiger partial charge in [0, 0.05) is 10.9 Å². The molecule has 0 aliphatic rings. The van der Waals surface area contributed by atoms with Crippen LogP contribution in [0.15, 0.2) is 69.4 Å². The Hall–Kier alpha value is -3.32. The molecule has 0 bridgehead atoms. The third-order valence-electron chi connectivity index (χ3n) is 3.79. The molecule has 4 aromatic rings. The van der Waals surface area contributed by atoms with Gasteiger partial charge in [-0.3, -0.25) is 14.9 Å². The molecule has 0 aliphatic heterocycles. The highest BCUT2D eigenvalue weighted by Gasteiger charge is 2.16. The Labute approximate surface area is 150 Å². The predicted octanol–water partition coefficient (Wildman–Crippen LogP) is 4.31. The number of aromatic nitrogens is 1. The van der Waals surface area contributed by atoms with E-state index < -0.39 is 11.3 Å². The summed E-state index contributed by atoms with van der Waals surface area (Å²) in [5, 5.41) is 5.02. The largest absolute Gasteiger partial charge is 0.463 e. The molecule has 7 heteroatoms. The van der Waals surface area contributed by atoms with Crippen LogP contribution in [-0.4, -0.2) is 10.9 Å². The highest BCUT2D eigenvalue weighted by atomic mass is 32.1. The molecule has 2 heterocycles. The summed E-state index contributed by atoms with van der Waals surface area (Å²) in [4.78, 5) is 29.2. The van der Waals surface area contributed by atoms with Gasteiger partial charge in [0.2, 0.25) is 5.43 Å². The fourth-order valence-electron chi connectivity index (χ4n) is 2.48. The van der Waals surface area contributed by atoms with Crippen LogP contribution in [0.4, 0.5) is 9.52 Å². The second-order valence-corrected chi connectivity index (χ2v) is 6.33. The van der Waals surface area contributed by atoms with E-state index in [1.54, 1.807) is 41.8 Å². The van der Waals surface area contributed by atoms with Crippen molar-refractivity contribution in [2.75, 3.05) is 5.32 Å². The third kappa shape index (κ3) is 3.00. The predicted molar refractivity (Wildman–Crippen MR) is 97.9 cm³/mol. The smallest absolute Gasteiger partial charge is 0.264 e. The first kappa shape index (κ1) is 16.2. The lowest BCUT2D eigenvalue weighted by molar-refractivity contribution is 0.102. The summed E-state index contributed by atoms with van der Waals surface area (Å²) >= 11 is 1.21. The SMILES string of the molecule is O=C(Nc1nc(-c2ccc(F)cc2)cs1)c1coc2ccccc2c1=O. The van der Waals surface area contributed by atoms with Crippen molar-refractivity contribution in [3.63, 3.8) is 0 Å². The van der Waals surface area contributed by atoms with Crippen LogP contribution in [0.1, 0.15) is 10.4 Å². The average Bonchev–Trinajstić information content (AvgIpc) is 3.11. The van der Waals surface area contributed by atoms with Crippen molar-refractivity contribution in [2.24, 2.45) is 0 Å². The number of amides is 1. The van der Waals surface area contributed by atoms with Crippen LogP contribution in [0.2, 0.25) is 0 Å². The molecule has 26 heavy (non-hydrogen) atoms. The Balaban J connectivity index is 1.60. The number of nitrogens with one attached hydrogen (secondary N) is 1. The Morgan fingerprint density at radius 3 is 2.69 bits per heavy atom. The number of rotatable bonds is 3. The molecule has 1 N–H and O–H groups in total. The van der Waals surface area contributed by atoms with E-state index in [9.17, 15) is 14.0 Å². The van der Waals surface area contributed by atoms with Crippen LogP contribution >= 0.6 is 11.3 Å². The number of fused-ring (bicyclic) bond motifs is 1. The van der Waals surface area contributed by atoms with E-state index in [2.05, 4.69) is 10.3 Å². The zero-order chi connectivity index (χ0) is 18.1. The molecule has 0 saturated heterocycles. The summed E-state index contributed by atoms with van der Waals surface area (Å²) < 4.78 is 18.4. The quantitative estimate of drug-likeness (QED) is 0.586. The van der Waals surface area contributed by atoms with Crippen LogP contribution < -0.4 is 10.7 Å². The fraction of sp³-hybridized carbons (Fsp3) is 0. The standard InChI is InChI=1S/C19H11FN2O3S/c20-12-7-5-11(6-8-12)15-10-26-19(21-15)22-18(24)14-9-25-16-4-2-1-3-13(16)17(14)23/h1-10H,(H,21,22,24). The van der Waals surface area contributed by atoms with E-state index in [1.807, 2.05) is 0 Å². The minimum absolute atomic E-state index is 0.0952. The van der Waals surface area contributed by atoms with Gasteiger partial charge in [-0.05, 0) is 36.4 Å². The van der Waals surface area contributed by atoms with E-state index in [1.165, 1.54) is 23.5 Å². The molecular weight excluding hydrogens is 355 g/mol. The van der Waals surface area contributed by atoms with Gasteiger partial charge in [0.05, 0.1) is 11.1 Å². The second kappa shape index (κ2) is 6.53. The Bertz CT molecular complexity index is 1170. The minimum atomic E-state index is -0.593. The number of benzene rings is 2. The van der Waals surface area contributed by atoms with Gasteiger partial charge in [-0.1, -0.05) is 12.1 Å². The van der Waals surface area contributed by atoms with Crippen molar-refractivity contribution in [3.8, 4) is 11.3 Å². The lowest BCUT2D eigenvalue weighted by Gasteiger charge is -2.02. The van der Waals surface area contributed by atoms with E-state index >= 15 is 0 Å². The van der Waals surface area contributed by atoms with Gasteiger partial charge in [0.15, 0.2) is 5.13 Å². The summed E-state index contributed by atoms with van der Waals surface area (Å²) in [7, 11) is 0. The molecule has 0 spiro atoms. The monoisotopic (exact) mass is 366 g/mol. The first-order valence-electron chi connectivity index (χ1n) is 7.65. The number of hydrogen-bond acceptors (Lipinski definition) is 5. The van der Waals surface area contributed by atoms with Crippen molar-refractivity contribution >= 4 is 33.3 Å². The lowest BCUT2D eigenvalue weighted by atomic mass is 10.1. The van der Waals surface area contributed by atoms with Crippen LogP contribution in [0.25, 0.3) is 22.2 Å². The fourth-order valence-corrected chi connectivity index (χ4v) is 3.20. The highest BCUT2D eigenvalue weighted by Crippen LogP contribution is 2.25. The maximum absolute atomic E-state index is 13.0. The van der Waals surface area contributed by atoms with Crippen molar-refractivity contribution in [3.05, 3.63) is 81.8 Å². The van der Waals surface area contributed by atoms with Crippen molar-refractivity contribution < 1.29 is 13.6 Å². The Kier molecular flexibility index (Phi) is 4.06. The molecule has 0 unspecified atom stereocenters. The van der Waals surface area contributed by atoms with Gasteiger partial charge in [-0.2, -0.15) is 0 Å². The van der Waals surface area contributed by atoms with Crippen LogP contribution in [-0.2, 0) is 0 Å². The summed E-state index contributed by atoms with van der Waals surface area (Å²) in [6.07, 6.45) is 1.15. The van der Waals surface area contributed by atoms with E-state index in [0.717, 1.165) is 11.8 Å². The first-order chi connectivity index (χ1) is 12.6. The summed E-state index contributed by atoms with van der Waals surface area (Å²) in [5.41, 5.74) is 1.26. The average molecular weight is 366 g/mol. The summed E-state index contributed by atoms with van der Waals surface area (Å²) in [6, 6.07) is 12.6. The lowest BCUT2D eigenvalue weighted by Crippen LogP contribution is -2.21. The van der Waals surface area contributed by atoms with Crippen molar-refractivity contribution in [2.45, 2.75) is 0 Å². The number of nitrogens with zero attached hydrogens (tertiary/aromatic N) is 1. The Morgan fingerprint density at radius 1 is 1.12 bits per heavy atom. The van der Waals surface area contributed by atoms with Gasteiger partial charge in [-0.25, -0.2) is 9.37 Å². The maximum atomic E-state index is 13.0. The zero-order valence-electron chi connectivity index (χ0n) is 13.2. The van der Waals surface area contributed by atoms with Gasteiger partial charge < -0.3 is 4.42 Å². The molecule has 0 radical (unpaired) electrons. The van der Waals surface area contributed by atoms with Crippen molar-refractivity contribution in [1.82, 2.24) is 4.98 Å². The highest BCUT2D eigenvalue weighted by molar-refractivity contribution is 7.14. The van der Waals surface area contributed by atoms with E-state index in [-0.39, 0.29) is 11.4 Å². The number of thiazole rings is 1. The van der Waals surface area contributed by atoms with Gasteiger partial charge >= 0.3 is 0 Å². The molecule has 0 fully saturated rings. The number of carbonyl (C=O) groups is 1. The van der Waals surface area contributed by atoms with Gasteiger partial charge in [0.1, 0.15) is 23.2 Å². The number of halogens is 1.